The van der Waals surface area contributed by atoms with E-state index in [1.165, 1.54) is 15.8 Å². The number of hydrogen-bond acceptors (Lipinski definition) is 3. The molecule has 1 aromatic heterocycles. The summed E-state index contributed by atoms with van der Waals surface area (Å²) in [5.41, 5.74) is 3.66. The van der Waals surface area contributed by atoms with Crippen molar-refractivity contribution in [3.63, 3.8) is 0 Å². The van der Waals surface area contributed by atoms with Crippen LogP contribution in [-0.2, 0) is 6.54 Å². The molecule has 0 radical (unpaired) electrons. The molecule has 0 saturated heterocycles. The van der Waals surface area contributed by atoms with E-state index in [2.05, 4.69) is 61.2 Å². The molecule has 3 rings (SSSR count). The average molecular weight is 296 g/mol. The molecule has 0 bridgehead atoms. The summed E-state index contributed by atoms with van der Waals surface area (Å²) in [6, 6.07) is 17.1. The van der Waals surface area contributed by atoms with Gasteiger partial charge in [-0.25, -0.2) is 4.98 Å². The van der Waals surface area contributed by atoms with E-state index in [1.54, 1.807) is 11.3 Å². The van der Waals surface area contributed by atoms with E-state index in [-0.39, 0.29) is 0 Å². The number of nitrogens with zero attached hydrogens (tertiary/aromatic N) is 2. The van der Waals surface area contributed by atoms with Crippen LogP contribution in [0.3, 0.4) is 0 Å². The summed E-state index contributed by atoms with van der Waals surface area (Å²) in [4.78, 5) is 7.14. The van der Waals surface area contributed by atoms with E-state index < -0.39 is 0 Å². The van der Waals surface area contributed by atoms with Crippen LogP contribution in [0.2, 0.25) is 0 Å². The van der Waals surface area contributed by atoms with E-state index >= 15 is 0 Å². The lowest BCUT2D eigenvalue weighted by Crippen LogP contribution is -2.21. The predicted octanol–water partition coefficient (Wildman–Crippen LogP) is 4.81. The average Bonchev–Trinajstić information content (AvgIpc) is 2.97. The van der Waals surface area contributed by atoms with Crippen LogP contribution in [0.25, 0.3) is 20.8 Å². The predicted molar refractivity (Wildman–Crippen MR) is 91.7 cm³/mol. The lowest BCUT2D eigenvalue weighted by molar-refractivity contribution is 0.296. The maximum absolute atomic E-state index is 4.71. The fraction of sp³-hybridized carbons (Fsp3) is 0.278. The molecule has 0 N–H and O–H groups in total. The minimum absolute atomic E-state index is 1.02. The molecular weight excluding hydrogens is 276 g/mol. The highest BCUT2D eigenvalue weighted by atomic mass is 32.1. The van der Waals surface area contributed by atoms with Crippen LogP contribution in [-0.4, -0.2) is 23.0 Å². The van der Waals surface area contributed by atoms with Gasteiger partial charge < -0.3 is 0 Å². The first kappa shape index (κ1) is 14.2. The molecule has 0 aliphatic heterocycles. The first-order valence-corrected chi connectivity index (χ1v) is 8.29. The molecule has 0 atom stereocenters. The molecule has 108 valence electrons. The van der Waals surface area contributed by atoms with Gasteiger partial charge in [0.1, 0.15) is 5.01 Å². The Bertz CT molecular complexity index is 678. The quantitative estimate of drug-likeness (QED) is 0.672. The Kier molecular flexibility index (Phi) is 4.32. The van der Waals surface area contributed by atoms with E-state index in [0.29, 0.717) is 0 Å². The number of para-hydroxylation sites is 1. The second-order valence-corrected chi connectivity index (χ2v) is 6.18. The van der Waals surface area contributed by atoms with Crippen molar-refractivity contribution in [3.05, 3.63) is 54.1 Å². The zero-order valence-electron chi connectivity index (χ0n) is 12.5. The molecule has 0 aliphatic carbocycles. The number of thiazole rings is 1. The largest absolute Gasteiger partial charge is 0.300 e. The number of rotatable bonds is 5. The molecule has 0 unspecified atom stereocenters. The van der Waals surface area contributed by atoms with Gasteiger partial charge in [-0.3, -0.25) is 4.90 Å². The highest BCUT2D eigenvalue weighted by Crippen LogP contribution is 2.30. The van der Waals surface area contributed by atoms with Crippen LogP contribution in [0, 0.1) is 0 Å². The van der Waals surface area contributed by atoms with Crippen molar-refractivity contribution >= 4 is 21.6 Å². The normalized spacial score (nSPS) is 11.4. The zero-order valence-corrected chi connectivity index (χ0v) is 13.4. The maximum atomic E-state index is 4.71. The molecule has 21 heavy (non-hydrogen) atoms. The molecule has 0 fully saturated rings. The minimum atomic E-state index is 1.02. The third kappa shape index (κ3) is 3.14. The Morgan fingerprint density at radius 2 is 1.67 bits per heavy atom. The molecule has 3 heteroatoms. The van der Waals surface area contributed by atoms with Gasteiger partial charge in [-0.2, -0.15) is 0 Å². The molecule has 0 spiro atoms. The van der Waals surface area contributed by atoms with Crippen LogP contribution in [0.15, 0.2) is 48.5 Å². The summed E-state index contributed by atoms with van der Waals surface area (Å²) in [6.07, 6.45) is 0. The van der Waals surface area contributed by atoms with Gasteiger partial charge in [-0.1, -0.05) is 50.2 Å². The van der Waals surface area contributed by atoms with Gasteiger partial charge in [0, 0.05) is 12.1 Å². The van der Waals surface area contributed by atoms with Gasteiger partial charge in [0.15, 0.2) is 0 Å². The standard InChI is InChI=1S/C18H20N2S/c1-3-20(4-2)13-14-9-11-15(12-10-14)18-19-16-7-5-6-8-17(16)21-18/h5-12H,3-4,13H2,1-2H3. The summed E-state index contributed by atoms with van der Waals surface area (Å²) in [6.45, 7) is 7.62. The van der Waals surface area contributed by atoms with E-state index in [1.807, 2.05) is 6.07 Å². The number of hydrogen-bond donors (Lipinski definition) is 0. The van der Waals surface area contributed by atoms with Crippen molar-refractivity contribution in [3.8, 4) is 10.6 Å². The van der Waals surface area contributed by atoms with Crippen LogP contribution in [0.1, 0.15) is 19.4 Å². The van der Waals surface area contributed by atoms with Gasteiger partial charge in [0.25, 0.3) is 0 Å². The van der Waals surface area contributed by atoms with Crippen molar-refractivity contribution in [2.24, 2.45) is 0 Å². The van der Waals surface area contributed by atoms with Crippen molar-refractivity contribution in [2.45, 2.75) is 20.4 Å². The van der Waals surface area contributed by atoms with Crippen molar-refractivity contribution in [1.82, 2.24) is 9.88 Å². The molecule has 1 heterocycles. The van der Waals surface area contributed by atoms with E-state index in [9.17, 15) is 0 Å². The monoisotopic (exact) mass is 296 g/mol. The minimum Gasteiger partial charge on any atom is -0.300 e. The topological polar surface area (TPSA) is 16.1 Å². The van der Waals surface area contributed by atoms with Crippen LogP contribution < -0.4 is 0 Å². The summed E-state index contributed by atoms with van der Waals surface area (Å²) < 4.78 is 1.25. The van der Waals surface area contributed by atoms with Gasteiger partial charge in [-0.05, 0) is 30.8 Å². The smallest absolute Gasteiger partial charge is 0.124 e. The highest BCUT2D eigenvalue weighted by Gasteiger charge is 2.06. The summed E-state index contributed by atoms with van der Waals surface area (Å²) >= 11 is 1.76. The van der Waals surface area contributed by atoms with Crippen molar-refractivity contribution < 1.29 is 0 Å². The Balaban J connectivity index is 1.83. The van der Waals surface area contributed by atoms with Crippen LogP contribution in [0.5, 0.6) is 0 Å². The fourth-order valence-electron chi connectivity index (χ4n) is 2.45. The Labute approximate surface area is 130 Å². The van der Waals surface area contributed by atoms with Gasteiger partial charge in [0.05, 0.1) is 10.2 Å². The Morgan fingerprint density at radius 1 is 0.952 bits per heavy atom. The second kappa shape index (κ2) is 6.37. The lowest BCUT2D eigenvalue weighted by atomic mass is 10.1. The van der Waals surface area contributed by atoms with Gasteiger partial charge in [-0.15, -0.1) is 11.3 Å². The Morgan fingerprint density at radius 3 is 2.33 bits per heavy atom. The Hall–Kier alpha value is -1.71. The summed E-state index contributed by atoms with van der Waals surface area (Å²) in [7, 11) is 0. The number of benzene rings is 2. The zero-order chi connectivity index (χ0) is 14.7. The van der Waals surface area contributed by atoms with Crippen molar-refractivity contribution in [1.29, 1.82) is 0 Å². The third-order valence-corrected chi connectivity index (χ3v) is 4.88. The van der Waals surface area contributed by atoms with Crippen molar-refractivity contribution in [2.75, 3.05) is 13.1 Å². The van der Waals surface area contributed by atoms with Crippen LogP contribution >= 0.6 is 11.3 Å². The van der Waals surface area contributed by atoms with E-state index in [0.717, 1.165) is 30.2 Å². The number of fused-ring (bicyclic) bond motifs is 1. The molecule has 2 nitrogen and oxygen atoms in total. The molecular formula is C18H20N2S. The van der Waals surface area contributed by atoms with E-state index in [4.69, 9.17) is 4.98 Å². The molecule has 0 aliphatic rings. The first-order chi connectivity index (χ1) is 10.3. The third-order valence-electron chi connectivity index (χ3n) is 3.80. The summed E-state index contributed by atoms with van der Waals surface area (Å²) in [5, 5.41) is 1.10. The molecule has 2 aromatic carbocycles. The van der Waals surface area contributed by atoms with Crippen LogP contribution in [0.4, 0.5) is 0 Å². The molecule has 0 amide bonds. The maximum Gasteiger partial charge on any atom is 0.124 e. The second-order valence-electron chi connectivity index (χ2n) is 5.15. The SMILES string of the molecule is CCN(CC)Cc1ccc(-c2nc3ccccc3s2)cc1. The number of aromatic nitrogens is 1. The molecule has 3 aromatic rings. The highest BCUT2D eigenvalue weighted by molar-refractivity contribution is 7.21. The summed E-state index contributed by atoms with van der Waals surface area (Å²) in [5.74, 6) is 0. The fourth-order valence-corrected chi connectivity index (χ4v) is 3.42. The van der Waals surface area contributed by atoms with Gasteiger partial charge in [0.2, 0.25) is 0 Å². The lowest BCUT2D eigenvalue weighted by Gasteiger charge is -2.17. The van der Waals surface area contributed by atoms with Gasteiger partial charge >= 0.3 is 0 Å². The first-order valence-electron chi connectivity index (χ1n) is 7.47. The molecule has 0 saturated carbocycles.